The van der Waals surface area contributed by atoms with E-state index in [9.17, 15) is 9.59 Å². The molecule has 134 valence electrons. The van der Waals surface area contributed by atoms with Gasteiger partial charge in [-0.3, -0.25) is 9.36 Å². The van der Waals surface area contributed by atoms with Crippen LogP contribution in [0.2, 0.25) is 0 Å². The topological polar surface area (TPSA) is 97.3 Å². The first kappa shape index (κ1) is 19.5. The molecule has 8 nitrogen and oxygen atoms in total. The fraction of sp³-hybridized carbons (Fsp3) is 0.375. The summed E-state index contributed by atoms with van der Waals surface area (Å²) in [4.78, 5) is 28.2. The van der Waals surface area contributed by atoms with E-state index in [0.717, 1.165) is 0 Å². The third-order valence-corrected chi connectivity index (χ3v) is 3.87. The molecule has 1 amide bonds. The summed E-state index contributed by atoms with van der Waals surface area (Å²) in [7, 11) is 1.82. The molecule has 3 heterocycles. The van der Waals surface area contributed by atoms with Crippen LogP contribution in [0.3, 0.4) is 0 Å². The fourth-order valence-electron chi connectivity index (χ4n) is 2.64. The molecule has 1 saturated heterocycles. The van der Waals surface area contributed by atoms with Crippen molar-refractivity contribution in [2.45, 2.75) is 25.2 Å². The first-order valence-electron chi connectivity index (χ1n) is 7.69. The number of nitrogens with one attached hydrogen (secondary N) is 1. The second-order valence-electron chi connectivity index (χ2n) is 5.69. The molecule has 0 unspecified atom stereocenters. The molecule has 0 bridgehead atoms. The molecule has 0 radical (unpaired) electrons. The van der Waals surface area contributed by atoms with Gasteiger partial charge in [-0.15, -0.1) is 0 Å². The van der Waals surface area contributed by atoms with E-state index < -0.39 is 11.9 Å². The van der Waals surface area contributed by atoms with E-state index in [0.29, 0.717) is 18.4 Å². The Hall–Kier alpha value is -1.85. The summed E-state index contributed by atoms with van der Waals surface area (Å²) in [6, 6.07) is 4.99. The Kier molecular flexibility index (Phi) is 6.62. The molecule has 0 spiro atoms. The van der Waals surface area contributed by atoms with E-state index in [-0.39, 0.29) is 48.4 Å². The average molecular weight is 458 g/mol. The predicted octanol–water partition coefficient (Wildman–Crippen LogP) is -3.01. The minimum atomic E-state index is -0.505. The molecule has 0 saturated carbocycles. The number of carbonyl (C=O) groups is 1. The van der Waals surface area contributed by atoms with Crippen LogP contribution in [0.15, 0.2) is 41.6 Å². The number of rotatable bonds is 4. The lowest BCUT2D eigenvalue weighted by atomic mass is 10.2. The molecule has 25 heavy (non-hydrogen) atoms. The summed E-state index contributed by atoms with van der Waals surface area (Å²) < 4.78 is 8.69. The highest BCUT2D eigenvalue weighted by Crippen LogP contribution is 2.26. The van der Waals surface area contributed by atoms with Gasteiger partial charge in [0.2, 0.25) is 0 Å². The number of halogens is 1. The van der Waals surface area contributed by atoms with Gasteiger partial charge in [0.25, 0.3) is 5.91 Å². The predicted molar refractivity (Wildman–Crippen MR) is 84.3 cm³/mol. The lowest BCUT2D eigenvalue weighted by Gasteiger charge is -2.14. The van der Waals surface area contributed by atoms with Gasteiger partial charge in [0.15, 0.2) is 12.4 Å². The first-order valence-corrected chi connectivity index (χ1v) is 7.69. The van der Waals surface area contributed by atoms with E-state index in [2.05, 4.69) is 10.3 Å². The van der Waals surface area contributed by atoms with Crippen LogP contribution in [-0.4, -0.2) is 33.3 Å². The third-order valence-electron chi connectivity index (χ3n) is 3.87. The Morgan fingerprint density at radius 2 is 2.28 bits per heavy atom. The van der Waals surface area contributed by atoms with Gasteiger partial charge in [0.05, 0.1) is 12.7 Å². The number of amides is 1. The van der Waals surface area contributed by atoms with E-state index in [1.807, 2.05) is 13.2 Å². The van der Waals surface area contributed by atoms with Crippen LogP contribution in [0.25, 0.3) is 0 Å². The number of ether oxygens (including phenoxy) is 1. The Morgan fingerprint density at radius 3 is 2.92 bits per heavy atom. The molecule has 2 aromatic rings. The van der Waals surface area contributed by atoms with Crippen molar-refractivity contribution in [3.05, 3.63) is 52.8 Å². The van der Waals surface area contributed by atoms with Crippen LogP contribution in [0.4, 0.5) is 5.82 Å². The molecule has 0 aromatic carbocycles. The van der Waals surface area contributed by atoms with Crippen LogP contribution in [0.5, 0.6) is 0 Å². The standard InChI is InChI=1S/C16H18N4O4.HI/c1-19-7-2-3-11(9-19)15(22)17-13-6-8-20(16(23)18-13)14-5-4-12(10-21)24-14;/h2-3,6-9,12,14,21H,4-5,10H2,1H3;1H/t12-,14+;/m0./s1. The van der Waals surface area contributed by atoms with Crippen molar-refractivity contribution in [1.82, 2.24) is 9.55 Å². The lowest BCUT2D eigenvalue weighted by Crippen LogP contribution is -3.00. The zero-order valence-corrected chi connectivity index (χ0v) is 15.8. The summed E-state index contributed by atoms with van der Waals surface area (Å²) in [5.41, 5.74) is -0.0362. The molecular weight excluding hydrogens is 439 g/mol. The molecule has 2 atom stereocenters. The van der Waals surface area contributed by atoms with Gasteiger partial charge in [-0.2, -0.15) is 4.98 Å². The Balaban J connectivity index is 0.00000225. The number of aliphatic hydroxyl groups excluding tert-OH is 1. The van der Waals surface area contributed by atoms with Crippen molar-refractivity contribution < 1.29 is 43.2 Å². The van der Waals surface area contributed by atoms with Crippen LogP contribution in [0, 0.1) is 0 Å². The highest BCUT2D eigenvalue weighted by molar-refractivity contribution is 6.03. The first-order chi connectivity index (χ1) is 11.6. The normalized spacial score (nSPS) is 19.3. The molecule has 9 heteroatoms. The smallest absolute Gasteiger partial charge is 0.351 e. The molecule has 1 aliphatic heterocycles. The Bertz CT molecular complexity index is 811. The maximum absolute atomic E-state index is 12.2. The zero-order chi connectivity index (χ0) is 17.1. The SMILES string of the molecule is C[n+]1cccc(C(=O)Nc2ccn([C@H]3CC[C@@H](CO)O3)c(=O)n2)c1.[I-]. The second kappa shape index (κ2) is 8.50. The summed E-state index contributed by atoms with van der Waals surface area (Å²) in [5, 5.41) is 11.7. The minimum absolute atomic E-state index is 0. The lowest BCUT2D eigenvalue weighted by molar-refractivity contribution is -0.671. The molecule has 2 aromatic heterocycles. The van der Waals surface area contributed by atoms with Gasteiger partial charge in [-0.05, 0) is 25.0 Å². The number of aliphatic hydroxyl groups is 1. The number of nitrogens with zero attached hydrogens (tertiary/aromatic N) is 3. The number of carbonyl (C=O) groups excluding carboxylic acids is 1. The van der Waals surface area contributed by atoms with Gasteiger partial charge in [0.1, 0.15) is 24.7 Å². The molecule has 1 fully saturated rings. The fourth-order valence-corrected chi connectivity index (χ4v) is 2.64. The van der Waals surface area contributed by atoms with Gasteiger partial charge >= 0.3 is 5.69 Å². The number of hydrogen-bond donors (Lipinski definition) is 2. The average Bonchev–Trinajstić information content (AvgIpc) is 3.04. The summed E-state index contributed by atoms with van der Waals surface area (Å²) in [6.07, 6.45) is 5.69. The zero-order valence-electron chi connectivity index (χ0n) is 13.6. The third kappa shape index (κ3) is 4.61. The van der Waals surface area contributed by atoms with Crippen molar-refractivity contribution in [2.75, 3.05) is 11.9 Å². The van der Waals surface area contributed by atoms with Crippen LogP contribution in [0.1, 0.15) is 29.4 Å². The molecular formula is C16H19IN4O4. The monoisotopic (exact) mass is 458 g/mol. The largest absolute Gasteiger partial charge is 1.00 e. The number of hydrogen-bond acceptors (Lipinski definition) is 5. The number of aryl methyl sites for hydroxylation is 1. The molecule has 2 N–H and O–H groups in total. The molecule has 3 rings (SSSR count). The number of aromatic nitrogens is 3. The van der Waals surface area contributed by atoms with Gasteiger partial charge in [-0.1, -0.05) is 0 Å². The number of anilines is 1. The van der Waals surface area contributed by atoms with Crippen molar-refractivity contribution in [3.63, 3.8) is 0 Å². The summed E-state index contributed by atoms with van der Waals surface area (Å²) in [6.45, 7) is -0.0681. The van der Waals surface area contributed by atoms with E-state index in [1.54, 1.807) is 35.2 Å². The van der Waals surface area contributed by atoms with E-state index in [4.69, 9.17) is 9.84 Å². The summed E-state index contributed by atoms with van der Waals surface area (Å²) >= 11 is 0. The second-order valence-corrected chi connectivity index (χ2v) is 5.69. The maximum atomic E-state index is 12.2. The van der Waals surface area contributed by atoms with Crippen molar-refractivity contribution in [1.29, 1.82) is 0 Å². The van der Waals surface area contributed by atoms with Crippen LogP contribution >= 0.6 is 0 Å². The van der Waals surface area contributed by atoms with Crippen molar-refractivity contribution >= 4 is 11.7 Å². The molecule has 0 aliphatic carbocycles. The molecule has 1 aliphatic rings. The van der Waals surface area contributed by atoms with Crippen molar-refractivity contribution in [3.8, 4) is 0 Å². The Morgan fingerprint density at radius 1 is 1.48 bits per heavy atom. The highest BCUT2D eigenvalue weighted by Gasteiger charge is 2.26. The van der Waals surface area contributed by atoms with Gasteiger partial charge in [-0.25, -0.2) is 9.36 Å². The van der Waals surface area contributed by atoms with Gasteiger partial charge < -0.3 is 39.1 Å². The minimum Gasteiger partial charge on any atom is -1.00 e. The van der Waals surface area contributed by atoms with Gasteiger partial charge in [0, 0.05) is 12.3 Å². The quantitative estimate of drug-likeness (QED) is 0.376. The maximum Gasteiger partial charge on any atom is 0.351 e. The van der Waals surface area contributed by atoms with Crippen LogP contribution < -0.4 is 39.6 Å². The van der Waals surface area contributed by atoms with Crippen molar-refractivity contribution in [2.24, 2.45) is 7.05 Å². The summed E-state index contributed by atoms with van der Waals surface area (Å²) in [5.74, 6) is -0.155. The van der Waals surface area contributed by atoms with E-state index >= 15 is 0 Å². The Labute approximate surface area is 161 Å². The van der Waals surface area contributed by atoms with E-state index in [1.165, 1.54) is 4.57 Å². The van der Waals surface area contributed by atoms with Crippen LogP contribution in [-0.2, 0) is 11.8 Å². The number of pyridine rings is 1. The highest BCUT2D eigenvalue weighted by atomic mass is 127.